The maximum atomic E-state index is 12.0. The molecule has 0 spiro atoms. The summed E-state index contributed by atoms with van der Waals surface area (Å²) in [6.07, 6.45) is 7.75. The standard InChI is InChI=1S/C18H27N3O3/c1-23-16-9-8-15(17(12-16)24-2)13-19-20-18(22)14-21-10-6-4-3-5-7-11-21/h8-9,12-13H,3-7,10-11,14H2,1-2H3,(H,20,22). The third-order valence-corrected chi connectivity index (χ3v) is 4.15. The predicted octanol–water partition coefficient (Wildman–Crippen LogP) is 2.42. The van der Waals surface area contributed by atoms with Gasteiger partial charge in [-0.1, -0.05) is 19.3 Å². The zero-order valence-electron chi connectivity index (χ0n) is 14.6. The lowest BCUT2D eigenvalue weighted by Gasteiger charge is -2.23. The van der Waals surface area contributed by atoms with Crippen molar-refractivity contribution in [3.63, 3.8) is 0 Å². The van der Waals surface area contributed by atoms with E-state index in [4.69, 9.17) is 9.47 Å². The average Bonchev–Trinajstić information content (AvgIpc) is 2.57. The molecule has 0 aliphatic carbocycles. The molecule has 0 radical (unpaired) electrons. The molecule has 6 nitrogen and oxygen atoms in total. The lowest BCUT2D eigenvalue weighted by molar-refractivity contribution is -0.122. The predicted molar refractivity (Wildman–Crippen MR) is 94.8 cm³/mol. The Morgan fingerprint density at radius 3 is 2.54 bits per heavy atom. The van der Waals surface area contributed by atoms with Crippen molar-refractivity contribution in [2.45, 2.75) is 32.1 Å². The van der Waals surface area contributed by atoms with E-state index in [9.17, 15) is 4.79 Å². The zero-order chi connectivity index (χ0) is 17.2. The molecule has 1 N–H and O–H groups in total. The first-order valence-electron chi connectivity index (χ1n) is 8.49. The maximum Gasteiger partial charge on any atom is 0.254 e. The van der Waals surface area contributed by atoms with Gasteiger partial charge in [0.1, 0.15) is 11.5 Å². The number of methoxy groups -OCH3 is 2. The van der Waals surface area contributed by atoms with Crippen LogP contribution in [0.4, 0.5) is 0 Å². The van der Waals surface area contributed by atoms with Crippen molar-refractivity contribution in [3.8, 4) is 11.5 Å². The number of carbonyl (C=O) groups is 1. The summed E-state index contributed by atoms with van der Waals surface area (Å²) in [5.41, 5.74) is 3.38. The van der Waals surface area contributed by atoms with Crippen LogP contribution < -0.4 is 14.9 Å². The number of rotatable bonds is 6. The van der Waals surface area contributed by atoms with Crippen LogP contribution in [0.5, 0.6) is 11.5 Å². The van der Waals surface area contributed by atoms with Gasteiger partial charge in [0.05, 0.1) is 27.0 Å². The Morgan fingerprint density at radius 2 is 1.88 bits per heavy atom. The summed E-state index contributed by atoms with van der Waals surface area (Å²) in [4.78, 5) is 14.2. The first-order chi connectivity index (χ1) is 11.7. The van der Waals surface area contributed by atoms with Gasteiger partial charge in [-0.2, -0.15) is 5.10 Å². The topological polar surface area (TPSA) is 63.2 Å². The molecule has 6 heteroatoms. The van der Waals surface area contributed by atoms with E-state index >= 15 is 0 Å². The van der Waals surface area contributed by atoms with Crippen LogP contribution in [0.3, 0.4) is 0 Å². The number of benzene rings is 1. The molecule has 24 heavy (non-hydrogen) atoms. The molecule has 1 aromatic carbocycles. The second-order valence-corrected chi connectivity index (χ2v) is 5.94. The molecule has 132 valence electrons. The fourth-order valence-corrected chi connectivity index (χ4v) is 2.81. The third-order valence-electron chi connectivity index (χ3n) is 4.15. The smallest absolute Gasteiger partial charge is 0.254 e. The largest absolute Gasteiger partial charge is 0.497 e. The minimum Gasteiger partial charge on any atom is -0.497 e. The molecule has 0 unspecified atom stereocenters. The van der Waals surface area contributed by atoms with E-state index in [1.165, 1.54) is 32.1 Å². The summed E-state index contributed by atoms with van der Waals surface area (Å²) in [6.45, 7) is 2.38. The number of likely N-dealkylation sites (tertiary alicyclic amines) is 1. The third kappa shape index (κ3) is 5.85. The van der Waals surface area contributed by atoms with Gasteiger partial charge < -0.3 is 9.47 Å². The van der Waals surface area contributed by atoms with E-state index in [-0.39, 0.29) is 5.91 Å². The monoisotopic (exact) mass is 333 g/mol. The van der Waals surface area contributed by atoms with Crippen LogP contribution in [0.25, 0.3) is 0 Å². The minimum atomic E-state index is -0.0840. The van der Waals surface area contributed by atoms with Crippen LogP contribution in [0.2, 0.25) is 0 Å². The van der Waals surface area contributed by atoms with Gasteiger partial charge in [0.2, 0.25) is 0 Å². The molecule has 1 aliphatic rings. The van der Waals surface area contributed by atoms with Crippen LogP contribution in [-0.2, 0) is 4.79 Å². The van der Waals surface area contributed by atoms with Crippen LogP contribution in [0.15, 0.2) is 23.3 Å². The molecule has 0 bridgehead atoms. The van der Waals surface area contributed by atoms with E-state index < -0.39 is 0 Å². The molecular weight excluding hydrogens is 306 g/mol. The molecule has 1 amide bonds. The summed E-state index contributed by atoms with van der Waals surface area (Å²) in [7, 11) is 3.19. The van der Waals surface area contributed by atoms with E-state index in [2.05, 4.69) is 15.4 Å². The molecule has 0 saturated carbocycles. The molecule has 1 aliphatic heterocycles. The van der Waals surface area contributed by atoms with E-state index in [1.54, 1.807) is 26.5 Å². The molecule has 1 heterocycles. The molecule has 1 fully saturated rings. The average molecular weight is 333 g/mol. The lowest BCUT2D eigenvalue weighted by atomic mass is 10.1. The number of nitrogens with one attached hydrogen (secondary N) is 1. The fourth-order valence-electron chi connectivity index (χ4n) is 2.81. The van der Waals surface area contributed by atoms with Crippen molar-refractivity contribution >= 4 is 12.1 Å². The second-order valence-electron chi connectivity index (χ2n) is 5.94. The van der Waals surface area contributed by atoms with Gasteiger partial charge in [0.15, 0.2) is 0 Å². The molecule has 0 atom stereocenters. The van der Waals surface area contributed by atoms with E-state index in [0.717, 1.165) is 18.7 Å². The minimum absolute atomic E-state index is 0.0840. The highest BCUT2D eigenvalue weighted by Gasteiger charge is 2.11. The Labute approximate surface area is 143 Å². The quantitative estimate of drug-likeness (QED) is 0.641. The van der Waals surface area contributed by atoms with Crippen molar-refractivity contribution < 1.29 is 14.3 Å². The Kier molecular flexibility index (Phi) is 7.55. The summed E-state index contributed by atoms with van der Waals surface area (Å²) >= 11 is 0. The SMILES string of the molecule is COc1ccc(C=NNC(=O)CN2CCCCCCC2)c(OC)c1. The Hall–Kier alpha value is -2.08. The van der Waals surface area contributed by atoms with Gasteiger partial charge in [-0.25, -0.2) is 5.43 Å². The Bertz CT molecular complexity index is 552. The van der Waals surface area contributed by atoms with Crippen molar-refractivity contribution in [3.05, 3.63) is 23.8 Å². The number of amides is 1. The van der Waals surface area contributed by atoms with Crippen LogP contribution in [0, 0.1) is 0 Å². The summed E-state index contributed by atoms with van der Waals surface area (Å²) in [5, 5.41) is 4.04. The number of hydrogen-bond donors (Lipinski definition) is 1. The zero-order valence-corrected chi connectivity index (χ0v) is 14.6. The summed E-state index contributed by atoms with van der Waals surface area (Å²) in [5.74, 6) is 1.28. The van der Waals surface area contributed by atoms with Gasteiger partial charge in [-0.15, -0.1) is 0 Å². The molecule has 2 rings (SSSR count). The molecule has 1 aromatic rings. The van der Waals surface area contributed by atoms with Gasteiger partial charge in [-0.05, 0) is 38.1 Å². The Morgan fingerprint density at radius 1 is 1.17 bits per heavy atom. The Balaban J connectivity index is 1.85. The van der Waals surface area contributed by atoms with Crippen molar-refractivity contribution in [2.75, 3.05) is 33.9 Å². The number of ether oxygens (including phenoxy) is 2. The highest BCUT2D eigenvalue weighted by Crippen LogP contribution is 2.22. The molecular formula is C18H27N3O3. The summed E-state index contributed by atoms with van der Waals surface area (Å²) < 4.78 is 10.5. The fraction of sp³-hybridized carbons (Fsp3) is 0.556. The van der Waals surface area contributed by atoms with E-state index in [1.807, 2.05) is 12.1 Å². The van der Waals surface area contributed by atoms with Crippen LogP contribution >= 0.6 is 0 Å². The molecule has 1 saturated heterocycles. The molecule has 0 aromatic heterocycles. The van der Waals surface area contributed by atoms with Crippen LogP contribution in [0.1, 0.15) is 37.7 Å². The van der Waals surface area contributed by atoms with Gasteiger partial charge in [0.25, 0.3) is 5.91 Å². The van der Waals surface area contributed by atoms with Crippen LogP contribution in [-0.4, -0.2) is 50.9 Å². The van der Waals surface area contributed by atoms with Gasteiger partial charge >= 0.3 is 0 Å². The van der Waals surface area contributed by atoms with Crippen molar-refractivity contribution in [1.82, 2.24) is 10.3 Å². The van der Waals surface area contributed by atoms with Gasteiger partial charge in [0, 0.05) is 11.6 Å². The number of carbonyl (C=O) groups excluding carboxylic acids is 1. The number of nitrogens with zero attached hydrogens (tertiary/aromatic N) is 2. The van der Waals surface area contributed by atoms with Gasteiger partial charge in [-0.3, -0.25) is 9.69 Å². The normalized spacial score (nSPS) is 16.4. The lowest BCUT2D eigenvalue weighted by Crippen LogP contribution is -2.37. The first-order valence-corrected chi connectivity index (χ1v) is 8.49. The number of hydrazone groups is 1. The highest BCUT2D eigenvalue weighted by molar-refractivity contribution is 5.86. The highest BCUT2D eigenvalue weighted by atomic mass is 16.5. The number of hydrogen-bond acceptors (Lipinski definition) is 5. The first kappa shape index (κ1) is 18.3. The summed E-state index contributed by atoms with van der Waals surface area (Å²) in [6, 6.07) is 5.45. The van der Waals surface area contributed by atoms with E-state index in [0.29, 0.717) is 18.0 Å². The second kappa shape index (κ2) is 9.93. The van der Waals surface area contributed by atoms with Crippen molar-refractivity contribution in [2.24, 2.45) is 5.10 Å². The maximum absolute atomic E-state index is 12.0. The van der Waals surface area contributed by atoms with Crippen molar-refractivity contribution in [1.29, 1.82) is 0 Å².